The maximum atomic E-state index is 12.4. The van der Waals surface area contributed by atoms with Crippen molar-refractivity contribution in [1.29, 1.82) is 0 Å². The number of nitrogens with one attached hydrogen (secondary N) is 2. The van der Waals surface area contributed by atoms with Crippen molar-refractivity contribution in [3.05, 3.63) is 53.5 Å². The van der Waals surface area contributed by atoms with Crippen LogP contribution in [-0.2, 0) is 11.2 Å². The summed E-state index contributed by atoms with van der Waals surface area (Å²) in [6, 6.07) is 14.2. The summed E-state index contributed by atoms with van der Waals surface area (Å²) in [4.78, 5) is 16.7. The first-order valence-corrected chi connectivity index (χ1v) is 9.26. The van der Waals surface area contributed by atoms with Crippen LogP contribution in [-0.4, -0.2) is 23.6 Å². The number of nitrogens with zero attached hydrogens (tertiary/aromatic N) is 1. The lowest BCUT2D eigenvalue weighted by Gasteiger charge is -2.14. The number of alkyl halides is 3. The molecule has 27 heavy (non-hydrogen) atoms. The minimum atomic E-state index is -4.33. The Balaban J connectivity index is 1.52. The minimum Gasteiger partial charge on any atom is -0.375 e. The molecule has 0 aliphatic heterocycles. The highest BCUT2D eigenvalue weighted by atomic mass is 32.1. The third-order valence-corrected chi connectivity index (χ3v) is 4.91. The van der Waals surface area contributed by atoms with Crippen LogP contribution in [0.1, 0.15) is 17.8 Å². The van der Waals surface area contributed by atoms with Crippen LogP contribution in [0.3, 0.4) is 0 Å². The summed E-state index contributed by atoms with van der Waals surface area (Å²) in [5.41, 5.74) is 1.53. The Kier molecular flexibility index (Phi) is 5.95. The molecule has 2 N–H and O–H groups in total. The summed E-state index contributed by atoms with van der Waals surface area (Å²) < 4.78 is 38.3. The van der Waals surface area contributed by atoms with Crippen molar-refractivity contribution in [2.24, 2.45) is 0 Å². The Morgan fingerprint density at radius 1 is 1.04 bits per heavy atom. The van der Waals surface area contributed by atoms with Gasteiger partial charge in [0.05, 0.1) is 26.6 Å². The molecule has 142 valence electrons. The fourth-order valence-corrected chi connectivity index (χ4v) is 3.59. The Morgan fingerprint density at radius 2 is 1.74 bits per heavy atom. The number of halogens is 3. The molecule has 3 rings (SSSR count). The van der Waals surface area contributed by atoms with Crippen LogP contribution in [0.2, 0.25) is 0 Å². The van der Waals surface area contributed by atoms with Crippen LogP contribution in [0.25, 0.3) is 10.2 Å². The predicted octanol–water partition coefficient (Wildman–Crippen LogP) is 5.23. The van der Waals surface area contributed by atoms with E-state index in [0.29, 0.717) is 18.5 Å². The van der Waals surface area contributed by atoms with E-state index in [0.717, 1.165) is 15.2 Å². The van der Waals surface area contributed by atoms with E-state index in [2.05, 4.69) is 15.6 Å². The third kappa shape index (κ3) is 5.68. The zero-order chi connectivity index (χ0) is 19.3. The van der Waals surface area contributed by atoms with Gasteiger partial charge in [-0.1, -0.05) is 24.3 Å². The quantitative estimate of drug-likeness (QED) is 0.578. The van der Waals surface area contributed by atoms with Crippen LogP contribution in [0.5, 0.6) is 0 Å². The molecule has 4 nitrogen and oxygen atoms in total. The van der Waals surface area contributed by atoms with Gasteiger partial charge in [0.1, 0.15) is 6.54 Å². The first kappa shape index (κ1) is 19.2. The number of amides is 1. The smallest absolute Gasteiger partial charge is 0.375 e. The SMILES string of the molecule is O=C(CCCc1nc2ccccc2s1)Nc1ccccc1NCC(F)(F)F. The molecule has 1 aromatic heterocycles. The van der Waals surface area contributed by atoms with Crippen molar-refractivity contribution >= 4 is 38.8 Å². The van der Waals surface area contributed by atoms with Gasteiger partial charge in [0.2, 0.25) is 5.91 Å². The van der Waals surface area contributed by atoms with E-state index in [1.165, 1.54) is 6.07 Å². The van der Waals surface area contributed by atoms with E-state index < -0.39 is 12.7 Å². The van der Waals surface area contributed by atoms with E-state index in [-0.39, 0.29) is 18.0 Å². The number of fused-ring (bicyclic) bond motifs is 1. The number of thiazole rings is 1. The summed E-state index contributed by atoms with van der Waals surface area (Å²) in [6.07, 6.45) is -2.76. The minimum absolute atomic E-state index is 0.239. The van der Waals surface area contributed by atoms with Gasteiger partial charge in [-0.15, -0.1) is 11.3 Å². The number of aromatic nitrogens is 1. The molecule has 0 saturated heterocycles. The van der Waals surface area contributed by atoms with Gasteiger partial charge in [-0.3, -0.25) is 4.79 Å². The van der Waals surface area contributed by atoms with Crippen molar-refractivity contribution < 1.29 is 18.0 Å². The highest BCUT2D eigenvalue weighted by molar-refractivity contribution is 7.18. The summed E-state index contributed by atoms with van der Waals surface area (Å²) >= 11 is 1.60. The molecule has 0 aliphatic rings. The van der Waals surface area contributed by atoms with Gasteiger partial charge in [-0.25, -0.2) is 4.98 Å². The topological polar surface area (TPSA) is 54.0 Å². The van der Waals surface area contributed by atoms with Crippen LogP contribution >= 0.6 is 11.3 Å². The van der Waals surface area contributed by atoms with Gasteiger partial charge in [-0.2, -0.15) is 13.2 Å². The number of hydrogen-bond donors (Lipinski definition) is 2. The average molecular weight is 393 g/mol. The molecular formula is C19H18F3N3OS. The van der Waals surface area contributed by atoms with Crippen molar-refractivity contribution in [3.63, 3.8) is 0 Å². The first-order valence-electron chi connectivity index (χ1n) is 8.45. The summed E-state index contributed by atoms with van der Waals surface area (Å²) in [6.45, 7) is -1.16. The average Bonchev–Trinajstić information content (AvgIpc) is 3.03. The molecule has 1 amide bonds. The monoisotopic (exact) mass is 393 g/mol. The zero-order valence-electron chi connectivity index (χ0n) is 14.3. The lowest BCUT2D eigenvalue weighted by Crippen LogP contribution is -2.22. The second-order valence-electron chi connectivity index (χ2n) is 5.99. The maximum absolute atomic E-state index is 12.4. The molecule has 0 spiro atoms. The molecule has 0 aliphatic carbocycles. The predicted molar refractivity (Wildman–Crippen MR) is 102 cm³/mol. The van der Waals surface area contributed by atoms with Gasteiger partial charge < -0.3 is 10.6 Å². The lowest BCUT2D eigenvalue weighted by molar-refractivity contribution is -0.116. The number of carbonyl (C=O) groups is 1. The normalized spacial score (nSPS) is 11.5. The largest absolute Gasteiger partial charge is 0.405 e. The fourth-order valence-electron chi connectivity index (χ4n) is 2.58. The Bertz CT molecular complexity index is 891. The molecule has 3 aromatic rings. The number of hydrogen-bond acceptors (Lipinski definition) is 4. The standard InChI is InChI=1S/C19H18F3N3OS/c20-19(21,22)12-23-13-6-1-2-7-14(13)24-17(26)10-5-11-18-25-15-8-3-4-9-16(15)27-18/h1-4,6-9,23H,5,10-12H2,(H,24,26). The molecule has 0 atom stereocenters. The highest BCUT2D eigenvalue weighted by Crippen LogP contribution is 2.25. The van der Waals surface area contributed by atoms with Crippen LogP contribution in [0, 0.1) is 0 Å². The van der Waals surface area contributed by atoms with Gasteiger partial charge in [0, 0.05) is 6.42 Å². The number of carbonyl (C=O) groups excluding carboxylic acids is 1. The maximum Gasteiger partial charge on any atom is 0.405 e. The molecule has 0 fully saturated rings. The van der Waals surface area contributed by atoms with Gasteiger partial charge in [-0.05, 0) is 37.1 Å². The molecule has 0 saturated carbocycles. The molecule has 8 heteroatoms. The van der Waals surface area contributed by atoms with Crippen LogP contribution in [0.15, 0.2) is 48.5 Å². The zero-order valence-corrected chi connectivity index (χ0v) is 15.2. The van der Waals surface area contributed by atoms with E-state index in [4.69, 9.17) is 0 Å². The van der Waals surface area contributed by atoms with Crippen LogP contribution in [0.4, 0.5) is 24.5 Å². The van der Waals surface area contributed by atoms with E-state index in [1.54, 1.807) is 29.5 Å². The van der Waals surface area contributed by atoms with Crippen LogP contribution < -0.4 is 10.6 Å². The molecule has 1 heterocycles. The van der Waals surface area contributed by atoms with Gasteiger partial charge in [0.25, 0.3) is 0 Å². The molecular weight excluding hydrogens is 375 g/mol. The Hall–Kier alpha value is -2.61. The Labute approximate surface area is 158 Å². The summed E-state index contributed by atoms with van der Waals surface area (Å²) in [5, 5.41) is 5.95. The summed E-state index contributed by atoms with van der Waals surface area (Å²) in [7, 11) is 0. The molecule has 0 radical (unpaired) electrons. The molecule has 0 bridgehead atoms. The van der Waals surface area contributed by atoms with Crippen molar-refractivity contribution in [3.8, 4) is 0 Å². The third-order valence-electron chi connectivity index (χ3n) is 3.81. The molecule has 2 aromatic carbocycles. The molecule has 0 unspecified atom stereocenters. The van der Waals surface area contributed by atoms with E-state index in [9.17, 15) is 18.0 Å². The number of benzene rings is 2. The summed E-state index contributed by atoms with van der Waals surface area (Å²) in [5.74, 6) is -0.239. The number of rotatable bonds is 7. The number of para-hydroxylation sites is 3. The van der Waals surface area contributed by atoms with Crippen molar-refractivity contribution in [2.45, 2.75) is 25.4 Å². The van der Waals surface area contributed by atoms with Crippen molar-refractivity contribution in [2.75, 3.05) is 17.2 Å². The Morgan fingerprint density at radius 3 is 2.48 bits per heavy atom. The number of aryl methyl sites for hydroxylation is 1. The van der Waals surface area contributed by atoms with Gasteiger partial charge in [0.15, 0.2) is 0 Å². The van der Waals surface area contributed by atoms with E-state index >= 15 is 0 Å². The first-order chi connectivity index (χ1) is 12.9. The van der Waals surface area contributed by atoms with E-state index in [1.807, 2.05) is 24.3 Å². The van der Waals surface area contributed by atoms with Gasteiger partial charge >= 0.3 is 6.18 Å². The fraction of sp³-hybridized carbons (Fsp3) is 0.263. The lowest BCUT2D eigenvalue weighted by atomic mass is 10.2. The highest BCUT2D eigenvalue weighted by Gasteiger charge is 2.27. The second-order valence-corrected chi connectivity index (χ2v) is 7.11. The second kappa shape index (κ2) is 8.39. The number of anilines is 2. The van der Waals surface area contributed by atoms with Crippen molar-refractivity contribution in [1.82, 2.24) is 4.98 Å².